The predicted molar refractivity (Wildman–Crippen MR) is 84.4 cm³/mol. The van der Waals surface area contributed by atoms with Crippen LogP contribution in [0.1, 0.15) is 5.56 Å². The molecular weight excluding hydrogens is 266 g/mol. The van der Waals surface area contributed by atoms with E-state index in [0.29, 0.717) is 18.3 Å². The average Bonchev–Trinajstić information content (AvgIpc) is 2.52. The summed E-state index contributed by atoms with van der Waals surface area (Å²) < 4.78 is 5.46. The Kier molecular flexibility index (Phi) is 5.60. The third-order valence-corrected chi connectivity index (χ3v) is 2.79. The first-order valence-electron chi connectivity index (χ1n) is 6.73. The van der Waals surface area contributed by atoms with Gasteiger partial charge >= 0.3 is 0 Å². The van der Waals surface area contributed by atoms with Gasteiger partial charge in [-0.2, -0.15) is 0 Å². The number of aliphatic hydroxyl groups excluding tert-OH is 1. The number of nitrogens with two attached hydrogens (primary N) is 1. The maximum Gasteiger partial charge on any atom is 0.193 e. The number of ether oxygens (including phenoxy) is 1. The van der Waals surface area contributed by atoms with E-state index in [2.05, 4.69) is 10.3 Å². The fourth-order valence-electron chi connectivity index (χ4n) is 1.81. The molecule has 0 atom stereocenters. The number of aliphatic imine (C=N–C) groups is 1. The van der Waals surface area contributed by atoms with Gasteiger partial charge in [-0.25, -0.2) is 4.99 Å². The Morgan fingerprint density at radius 3 is 2.57 bits per heavy atom. The number of hydrogen-bond donors (Lipinski definition) is 3. The van der Waals surface area contributed by atoms with E-state index in [4.69, 9.17) is 15.6 Å². The van der Waals surface area contributed by atoms with Crippen LogP contribution in [0.5, 0.6) is 5.75 Å². The number of rotatable bonds is 6. The van der Waals surface area contributed by atoms with Crippen molar-refractivity contribution in [2.24, 2.45) is 10.7 Å². The van der Waals surface area contributed by atoms with Crippen LogP contribution in [0.3, 0.4) is 0 Å². The minimum absolute atomic E-state index is 0.0185. The van der Waals surface area contributed by atoms with Gasteiger partial charge in [-0.1, -0.05) is 36.4 Å². The van der Waals surface area contributed by atoms with Crippen LogP contribution in [0.25, 0.3) is 0 Å². The molecule has 2 rings (SSSR count). The first-order valence-corrected chi connectivity index (χ1v) is 6.73. The number of hydrogen-bond acceptors (Lipinski definition) is 3. The van der Waals surface area contributed by atoms with Crippen LogP contribution in [0.4, 0.5) is 5.69 Å². The Hall–Kier alpha value is -2.53. The molecule has 2 aromatic carbocycles. The lowest BCUT2D eigenvalue weighted by molar-refractivity contribution is 0.200. The van der Waals surface area contributed by atoms with Crippen molar-refractivity contribution in [3.05, 3.63) is 60.2 Å². The second-order valence-electron chi connectivity index (χ2n) is 4.37. The Bertz CT molecular complexity index is 585. The summed E-state index contributed by atoms with van der Waals surface area (Å²) in [6.07, 6.45) is 0. The number of nitrogens with zero attached hydrogens (tertiary/aromatic N) is 1. The Morgan fingerprint density at radius 2 is 1.81 bits per heavy atom. The highest BCUT2D eigenvalue weighted by Gasteiger charge is 2.02. The second kappa shape index (κ2) is 7.91. The molecule has 5 heteroatoms. The van der Waals surface area contributed by atoms with Crippen LogP contribution in [0.2, 0.25) is 0 Å². The van der Waals surface area contributed by atoms with Gasteiger partial charge in [-0.3, -0.25) is 0 Å². The lowest BCUT2D eigenvalue weighted by Crippen LogP contribution is -2.22. The lowest BCUT2D eigenvalue weighted by Gasteiger charge is -2.09. The number of anilines is 1. The molecule has 0 aliphatic carbocycles. The molecule has 0 radical (unpaired) electrons. The number of aliphatic hydroxyl groups is 1. The molecule has 0 amide bonds. The van der Waals surface area contributed by atoms with Gasteiger partial charge in [0.1, 0.15) is 12.4 Å². The van der Waals surface area contributed by atoms with Crippen molar-refractivity contribution < 1.29 is 9.84 Å². The summed E-state index contributed by atoms with van der Waals surface area (Å²) in [7, 11) is 0. The van der Waals surface area contributed by atoms with Gasteiger partial charge in [0, 0.05) is 11.3 Å². The SMILES string of the molecule is NC(=NCc1ccccc1OCCO)Nc1ccccc1. The standard InChI is InChI=1S/C16H19N3O2/c17-16(19-14-7-2-1-3-8-14)18-12-13-6-4-5-9-15(13)21-11-10-20/h1-9,20H,10-12H2,(H3,17,18,19). The van der Waals surface area contributed by atoms with Gasteiger partial charge < -0.3 is 20.9 Å². The molecule has 0 aliphatic rings. The summed E-state index contributed by atoms with van der Waals surface area (Å²) in [6, 6.07) is 17.2. The highest BCUT2D eigenvalue weighted by molar-refractivity contribution is 5.92. The monoisotopic (exact) mass is 285 g/mol. The van der Waals surface area contributed by atoms with Crippen molar-refractivity contribution in [1.82, 2.24) is 0 Å². The first kappa shape index (κ1) is 14.9. The van der Waals surface area contributed by atoms with Crippen molar-refractivity contribution in [2.45, 2.75) is 6.54 Å². The molecule has 4 N–H and O–H groups in total. The molecule has 21 heavy (non-hydrogen) atoms. The van der Waals surface area contributed by atoms with E-state index in [1.165, 1.54) is 0 Å². The summed E-state index contributed by atoms with van der Waals surface area (Å²) >= 11 is 0. The van der Waals surface area contributed by atoms with Crippen LogP contribution in [0.15, 0.2) is 59.6 Å². The smallest absolute Gasteiger partial charge is 0.193 e. The van der Waals surface area contributed by atoms with Gasteiger partial charge in [-0.05, 0) is 18.2 Å². The molecule has 5 nitrogen and oxygen atoms in total. The van der Waals surface area contributed by atoms with E-state index in [1.54, 1.807) is 0 Å². The topological polar surface area (TPSA) is 79.9 Å². The van der Waals surface area contributed by atoms with Crippen molar-refractivity contribution in [3.63, 3.8) is 0 Å². The Morgan fingerprint density at radius 1 is 1.10 bits per heavy atom. The molecule has 0 unspecified atom stereocenters. The summed E-state index contributed by atoms with van der Waals surface area (Å²) in [4.78, 5) is 4.30. The maximum atomic E-state index is 8.82. The van der Waals surface area contributed by atoms with Crippen LogP contribution < -0.4 is 15.8 Å². The predicted octanol–water partition coefficient (Wildman–Crippen LogP) is 1.98. The van der Waals surface area contributed by atoms with Crippen LogP contribution in [0, 0.1) is 0 Å². The Balaban J connectivity index is 1.99. The zero-order valence-electron chi connectivity index (χ0n) is 11.7. The van der Waals surface area contributed by atoms with E-state index in [-0.39, 0.29) is 13.2 Å². The minimum Gasteiger partial charge on any atom is -0.491 e. The van der Waals surface area contributed by atoms with Gasteiger partial charge in [0.25, 0.3) is 0 Å². The van der Waals surface area contributed by atoms with E-state index in [1.807, 2.05) is 54.6 Å². The van der Waals surface area contributed by atoms with Crippen molar-refractivity contribution in [3.8, 4) is 5.75 Å². The van der Waals surface area contributed by atoms with Gasteiger partial charge in [-0.15, -0.1) is 0 Å². The van der Waals surface area contributed by atoms with E-state index in [9.17, 15) is 0 Å². The van der Waals surface area contributed by atoms with Gasteiger partial charge in [0.2, 0.25) is 0 Å². The fourth-order valence-corrected chi connectivity index (χ4v) is 1.81. The molecule has 0 saturated heterocycles. The quantitative estimate of drug-likeness (QED) is 0.560. The molecule has 0 aromatic heterocycles. The summed E-state index contributed by atoms with van der Waals surface area (Å²) in [5.41, 5.74) is 7.67. The van der Waals surface area contributed by atoms with Gasteiger partial charge in [0.15, 0.2) is 5.96 Å². The number of benzene rings is 2. The van der Waals surface area contributed by atoms with E-state index >= 15 is 0 Å². The number of guanidine groups is 1. The van der Waals surface area contributed by atoms with Crippen molar-refractivity contribution in [2.75, 3.05) is 18.5 Å². The fraction of sp³-hybridized carbons (Fsp3) is 0.188. The van der Waals surface area contributed by atoms with Gasteiger partial charge in [0.05, 0.1) is 13.2 Å². The molecule has 0 fully saturated rings. The zero-order valence-corrected chi connectivity index (χ0v) is 11.7. The second-order valence-corrected chi connectivity index (χ2v) is 4.37. The van der Waals surface area contributed by atoms with Crippen LogP contribution >= 0.6 is 0 Å². The van der Waals surface area contributed by atoms with E-state index in [0.717, 1.165) is 11.3 Å². The zero-order chi connectivity index (χ0) is 14.9. The van der Waals surface area contributed by atoms with Crippen molar-refractivity contribution >= 4 is 11.6 Å². The summed E-state index contributed by atoms with van der Waals surface area (Å²) in [5, 5.41) is 11.8. The molecular formula is C16H19N3O2. The molecule has 0 aliphatic heterocycles. The van der Waals surface area contributed by atoms with Crippen molar-refractivity contribution in [1.29, 1.82) is 0 Å². The lowest BCUT2D eigenvalue weighted by atomic mass is 10.2. The third-order valence-electron chi connectivity index (χ3n) is 2.79. The van der Waals surface area contributed by atoms with E-state index < -0.39 is 0 Å². The Labute approximate surface area is 124 Å². The number of nitrogens with one attached hydrogen (secondary N) is 1. The molecule has 0 saturated carbocycles. The highest BCUT2D eigenvalue weighted by Crippen LogP contribution is 2.18. The number of para-hydroxylation sites is 2. The third kappa shape index (κ3) is 4.81. The summed E-state index contributed by atoms with van der Waals surface area (Å²) in [5.74, 6) is 1.06. The molecule has 0 bridgehead atoms. The molecule has 2 aromatic rings. The average molecular weight is 285 g/mol. The normalized spacial score (nSPS) is 11.2. The first-order chi connectivity index (χ1) is 10.3. The molecule has 0 spiro atoms. The van der Waals surface area contributed by atoms with Crippen LogP contribution in [-0.2, 0) is 6.54 Å². The largest absolute Gasteiger partial charge is 0.491 e. The molecule has 110 valence electrons. The van der Waals surface area contributed by atoms with Crippen LogP contribution in [-0.4, -0.2) is 24.3 Å². The highest BCUT2D eigenvalue weighted by atomic mass is 16.5. The summed E-state index contributed by atoms with van der Waals surface area (Å²) in [6.45, 7) is 0.654. The minimum atomic E-state index is -0.0185. The molecule has 0 heterocycles. The maximum absolute atomic E-state index is 8.82.